The largest absolute Gasteiger partial charge is 0.453 e. The second-order valence-corrected chi connectivity index (χ2v) is 11.2. The molecule has 3 N–H and O–H groups in total. The molecule has 0 radical (unpaired) electrons. The van der Waals surface area contributed by atoms with E-state index in [1.54, 1.807) is 37.6 Å². The van der Waals surface area contributed by atoms with Gasteiger partial charge in [0.25, 0.3) is 0 Å². The topological polar surface area (TPSA) is 119 Å². The zero-order valence-electron chi connectivity index (χ0n) is 23.2. The standard InChI is InChI=1S/C30H29FN6O4S2/c1-40-14-12-32-11-13-37-19-21(18-34-37)27-17-24-29(42-27)26(9-10-33-24)41-25-8-7-22(16-23(25)31)43-36-30(39)35-28(38)15-20-5-3-2-4-6-20/h2-10,16-19,32H,11-15H2,1H3,(H2,35,36,38,39). The van der Waals surface area contributed by atoms with Gasteiger partial charge >= 0.3 is 6.03 Å². The van der Waals surface area contributed by atoms with E-state index in [2.05, 4.69) is 25.4 Å². The van der Waals surface area contributed by atoms with Crippen molar-refractivity contribution in [3.05, 3.63) is 90.6 Å². The van der Waals surface area contributed by atoms with E-state index in [0.717, 1.165) is 57.8 Å². The SMILES string of the molecule is COCCNCCn1cc(-c2cc3nccc(Oc4ccc(SNC(=O)NC(=O)Cc5ccccc5)cc4F)c3s2)cn1. The van der Waals surface area contributed by atoms with Gasteiger partial charge in [0.05, 0.1) is 36.0 Å². The molecule has 5 rings (SSSR count). The van der Waals surface area contributed by atoms with E-state index < -0.39 is 17.8 Å². The second-order valence-electron chi connectivity index (χ2n) is 9.31. The van der Waals surface area contributed by atoms with Gasteiger partial charge < -0.3 is 14.8 Å². The van der Waals surface area contributed by atoms with Crippen molar-refractivity contribution >= 4 is 45.4 Å². The molecule has 0 fully saturated rings. The minimum Gasteiger partial charge on any atom is -0.453 e. The summed E-state index contributed by atoms with van der Waals surface area (Å²) in [6, 6.07) is 16.4. The van der Waals surface area contributed by atoms with Crippen molar-refractivity contribution in [3.8, 4) is 21.9 Å². The molecule has 3 aromatic heterocycles. The molecule has 0 bridgehead atoms. The fourth-order valence-electron chi connectivity index (χ4n) is 4.07. The summed E-state index contributed by atoms with van der Waals surface area (Å²) in [5, 5.41) is 10.0. The number of aromatic nitrogens is 3. The molecule has 2 aromatic carbocycles. The fraction of sp³-hybridized carbons (Fsp3) is 0.200. The highest BCUT2D eigenvalue weighted by Gasteiger charge is 2.15. The Morgan fingerprint density at radius 2 is 1.93 bits per heavy atom. The van der Waals surface area contributed by atoms with Gasteiger partial charge in [-0.3, -0.25) is 24.5 Å². The van der Waals surface area contributed by atoms with Crippen LogP contribution < -0.4 is 20.1 Å². The third-order valence-corrected chi connectivity index (χ3v) is 8.10. The number of carbonyl (C=O) groups is 2. The lowest BCUT2D eigenvalue weighted by Gasteiger charge is -2.10. The van der Waals surface area contributed by atoms with Crippen LogP contribution in [0, 0.1) is 5.82 Å². The quantitative estimate of drug-likeness (QED) is 0.118. The van der Waals surface area contributed by atoms with Gasteiger partial charge in [-0.25, -0.2) is 9.18 Å². The maximum Gasteiger partial charge on any atom is 0.331 e. The van der Waals surface area contributed by atoms with Gasteiger partial charge in [-0.15, -0.1) is 11.3 Å². The lowest BCUT2D eigenvalue weighted by Crippen LogP contribution is -2.37. The number of imide groups is 1. The Labute approximate surface area is 255 Å². The van der Waals surface area contributed by atoms with Gasteiger partial charge in [0.15, 0.2) is 11.6 Å². The molecule has 10 nitrogen and oxygen atoms in total. The Kier molecular flexibility index (Phi) is 10.3. The van der Waals surface area contributed by atoms with Crippen LogP contribution in [0.2, 0.25) is 0 Å². The number of hydrogen-bond acceptors (Lipinski definition) is 9. The third-order valence-electron chi connectivity index (χ3n) is 6.14. The predicted octanol–water partition coefficient (Wildman–Crippen LogP) is 5.40. The second kappa shape index (κ2) is 14.7. The molecule has 222 valence electrons. The molecule has 5 aromatic rings. The monoisotopic (exact) mass is 620 g/mol. The number of amides is 3. The van der Waals surface area contributed by atoms with Crippen LogP contribution in [-0.4, -0.2) is 53.5 Å². The Balaban J connectivity index is 1.18. The number of ether oxygens (including phenoxy) is 2. The maximum absolute atomic E-state index is 15.0. The number of halogens is 1. The normalized spacial score (nSPS) is 11.0. The van der Waals surface area contributed by atoms with Crippen molar-refractivity contribution < 1.29 is 23.5 Å². The summed E-state index contributed by atoms with van der Waals surface area (Å²) < 4.78 is 31.1. The van der Waals surface area contributed by atoms with Crippen LogP contribution in [0.15, 0.2) is 84.1 Å². The van der Waals surface area contributed by atoms with Crippen LogP contribution in [0.25, 0.3) is 20.7 Å². The van der Waals surface area contributed by atoms with E-state index in [-0.39, 0.29) is 12.2 Å². The number of pyridine rings is 1. The van der Waals surface area contributed by atoms with E-state index in [4.69, 9.17) is 9.47 Å². The average Bonchev–Trinajstić information content (AvgIpc) is 3.66. The van der Waals surface area contributed by atoms with Gasteiger partial charge in [0, 0.05) is 54.0 Å². The molecular formula is C30H29FN6O4S2. The summed E-state index contributed by atoms with van der Waals surface area (Å²) in [5.41, 5.74) is 2.48. The fourth-order valence-corrected chi connectivity index (χ4v) is 5.67. The highest BCUT2D eigenvalue weighted by Crippen LogP contribution is 2.39. The minimum absolute atomic E-state index is 0.0306. The van der Waals surface area contributed by atoms with E-state index >= 15 is 0 Å². The van der Waals surface area contributed by atoms with Gasteiger partial charge in [-0.1, -0.05) is 30.3 Å². The number of rotatable bonds is 13. The van der Waals surface area contributed by atoms with Crippen LogP contribution in [0.4, 0.5) is 9.18 Å². The zero-order valence-corrected chi connectivity index (χ0v) is 24.8. The Hall–Kier alpha value is -4.30. The van der Waals surface area contributed by atoms with E-state index in [0.29, 0.717) is 17.3 Å². The van der Waals surface area contributed by atoms with Crippen LogP contribution in [0.1, 0.15) is 5.56 Å². The van der Waals surface area contributed by atoms with Crippen LogP contribution >= 0.6 is 23.3 Å². The summed E-state index contributed by atoms with van der Waals surface area (Å²) in [5.74, 6) is -0.540. The van der Waals surface area contributed by atoms with Crippen LogP contribution in [0.5, 0.6) is 11.5 Å². The number of hydrogen-bond donors (Lipinski definition) is 3. The number of methoxy groups -OCH3 is 1. The Morgan fingerprint density at radius 3 is 2.74 bits per heavy atom. The van der Waals surface area contributed by atoms with Gasteiger partial charge in [0.2, 0.25) is 5.91 Å². The summed E-state index contributed by atoms with van der Waals surface area (Å²) in [6.45, 7) is 2.94. The molecule has 0 unspecified atom stereocenters. The molecule has 0 aliphatic heterocycles. The van der Waals surface area contributed by atoms with Crippen LogP contribution in [0.3, 0.4) is 0 Å². The molecule has 13 heteroatoms. The summed E-state index contributed by atoms with van der Waals surface area (Å²) in [6.07, 6.45) is 5.48. The van der Waals surface area contributed by atoms with Crippen LogP contribution in [-0.2, 0) is 22.5 Å². The van der Waals surface area contributed by atoms with E-state index in [1.165, 1.54) is 23.5 Å². The van der Waals surface area contributed by atoms with E-state index in [9.17, 15) is 14.0 Å². The molecule has 3 amide bonds. The predicted molar refractivity (Wildman–Crippen MR) is 165 cm³/mol. The van der Waals surface area contributed by atoms with E-state index in [1.807, 2.05) is 41.3 Å². The molecule has 0 aliphatic carbocycles. The van der Waals surface area contributed by atoms with Crippen molar-refractivity contribution in [1.29, 1.82) is 0 Å². The van der Waals surface area contributed by atoms with Gasteiger partial charge in [-0.2, -0.15) is 5.10 Å². The van der Waals surface area contributed by atoms with Crippen molar-refractivity contribution in [1.82, 2.24) is 30.1 Å². The number of carbonyl (C=O) groups excluding carboxylic acids is 2. The first-order valence-corrected chi connectivity index (χ1v) is 15.0. The lowest BCUT2D eigenvalue weighted by atomic mass is 10.1. The number of thiophene rings is 1. The summed E-state index contributed by atoms with van der Waals surface area (Å²) >= 11 is 2.37. The highest BCUT2D eigenvalue weighted by molar-refractivity contribution is 7.98. The zero-order chi connectivity index (χ0) is 30.0. The molecule has 0 saturated heterocycles. The van der Waals surface area contributed by atoms with Gasteiger partial charge in [0.1, 0.15) is 5.75 Å². The van der Waals surface area contributed by atoms with Crippen molar-refractivity contribution in [2.45, 2.75) is 17.9 Å². The minimum atomic E-state index is -0.691. The number of fused-ring (bicyclic) bond motifs is 1. The molecule has 43 heavy (non-hydrogen) atoms. The van der Waals surface area contributed by atoms with Gasteiger partial charge in [-0.05, 0) is 41.8 Å². The number of nitrogens with zero attached hydrogens (tertiary/aromatic N) is 3. The Bertz CT molecular complexity index is 1690. The number of urea groups is 1. The highest BCUT2D eigenvalue weighted by atomic mass is 32.2. The number of nitrogens with one attached hydrogen (secondary N) is 3. The molecular weight excluding hydrogens is 592 g/mol. The smallest absolute Gasteiger partial charge is 0.331 e. The van der Waals surface area contributed by atoms with Crippen molar-refractivity contribution in [2.75, 3.05) is 26.8 Å². The molecule has 0 spiro atoms. The molecule has 0 aliphatic rings. The first-order valence-electron chi connectivity index (χ1n) is 13.4. The van der Waals surface area contributed by atoms with Crippen molar-refractivity contribution in [2.24, 2.45) is 0 Å². The maximum atomic E-state index is 15.0. The third kappa shape index (κ3) is 8.38. The molecule has 3 heterocycles. The van der Waals surface area contributed by atoms with Crippen molar-refractivity contribution in [3.63, 3.8) is 0 Å². The first-order chi connectivity index (χ1) is 21.0. The number of benzene rings is 2. The Morgan fingerprint density at radius 1 is 1.07 bits per heavy atom. The molecule has 0 saturated carbocycles. The lowest BCUT2D eigenvalue weighted by molar-refractivity contribution is -0.119. The molecule has 0 atom stereocenters. The summed E-state index contributed by atoms with van der Waals surface area (Å²) in [4.78, 5) is 30.0. The first kappa shape index (κ1) is 30.2. The summed E-state index contributed by atoms with van der Waals surface area (Å²) in [7, 11) is 1.67. The average molecular weight is 621 g/mol.